The summed E-state index contributed by atoms with van der Waals surface area (Å²) >= 11 is 5.23. The van der Waals surface area contributed by atoms with Gasteiger partial charge in [-0.15, -0.1) is 0 Å². The quantitative estimate of drug-likeness (QED) is 0.485. The maximum absolute atomic E-state index is 5.80. The third-order valence-electron chi connectivity index (χ3n) is 5.56. The number of hydrogen-bond acceptors (Lipinski definition) is 6. The number of rotatable bonds is 5. The van der Waals surface area contributed by atoms with Crippen molar-refractivity contribution in [2.45, 2.75) is 29.6 Å². The number of ether oxygens (including phenoxy) is 2. The van der Waals surface area contributed by atoms with E-state index in [2.05, 4.69) is 31.9 Å². The van der Waals surface area contributed by atoms with Gasteiger partial charge in [0.05, 0.1) is 19.1 Å². The highest BCUT2D eigenvalue weighted by atomic mass is 79.9. The zero-order valence-corrected chi connectivity index (χ0v) is 17.9. The molecule has 0 bridgehead atoms. The molecule has 1 N–H and O–H groups in total. The number of halogens is 1. The Bertz CT molecular complexity index is 1060. The van der Waals surface area contributed by atoms with E-state index >= 15 is 0 Å². The molecule has 0 aliphatic heterocycles. The molecule has 144 valence electrons. The number of nitrogens with zero attached hydrogens (tertiary/aromatic N) is 1. The Labute approximate surface area is 176 Å². The molecule has 28 heavy (non-hydrogen) atoms. The van der Waals surface area contributed by atoms with E-state index in [4.69, 9.17) is 14.0 Å². The molecule has 3 aromatic rings. The van der Waals surface area contributed by atoms with Crippen LogP contribution in [0.4, 0.5) is 5.82 Å². The number of benzene rings is 2. The van der Waals surface area contributed by atoms with E-state index in [0.717, 1.165) is 50.0 Å². The zero-order chi connectivity index (χ0) is 19.3. The van der Waals surface area contributed by atoms with Crippen LogP contribution in [0.25, 0.3) is 11.3 Å². The molecule has 1 aromatic heterocycles. The van der Waals surface area contributed by atoms with Crippen LogP contribution in [0.2, 0.25) is 0 Å². The summed E-state index contributed by atoms with van der Waals surface area (Å²) in [6, 6.07) is 12.0. The summed E-state index contributed by atoms with van der Waals surface area (Å²) in [5.74, 6) is 3.25. The van der Waals surface area contributed by atoms with Crippen LogP contribution in [-0.4, -0.2) is 19.4 Å². The normalized spacial score (nSPS) is 15.7. The van der Waals surface area contributed by atoms with Gasteiger partial charge in [0.15, 0.2) is 11.6 Å². The highest BCUT2D eigenvalue weighted by Crippen LogP contribution is 2.60. The van der Waals surface area contributed by atoms with Crippen molar-refractivity contribution in [1.82, 2.24) is 5.16 Å². The van der Waals surface area contributed by atoms with Crippen LogP contribution in [0.3, 0.4) is 0 Å². The standard InChI is InChI=1S/C21H19BrN2O3S/c1-25-12-9-13-18(15(22)10-12)21(7-8-21)11-14-19(13)27-23-20(14)24-28-17-6-4-3-5-16(17)26-2/h3-6,9-10H,7-8,11H2,1-2H3,(H,23,24). The molecule has 1 saturated carbocycles. The zero-order valence-electron chi connectivity index (χ0n) is 15.5. The second kappa shape index (κ2) is 6.74. The molecule has 1 spiro atoms. The van der Waals surface area contributed by atoms with Crippen LogP contribution in [0.1, 0.15) is 24.0 Å². The van der Waals surface area contributed by atoms with E-state index in [1.165, 1.54) is 30.4 Å². The van der Waals surface area contributed by atoms with Crippen molar-refractivity contribution in [2.75, 3.05) is 18.9 Å². The number of aromatic nitrogens is 1. The smallest absolute Gasteiger partial charge is 0.183 e. The maximum Gasteiger partial charge on any atom is 0.183 e. The first-order valence-corrected chi connectivity index (χ1v) is 10.7. The lowest BCUT2D eigenvalue weighted by molar-refractivity contribution is 0.405. The molecule has 2 aliphatic carbocycles. The molecule has 0 amide bonds. The third kappa shape index (κ3) is 2.79. The van der Waals surface area contributed by atoms with Crippen LogP contribution >= 0.6 is 27.9 Å². The number of anilines is 1. The predicted octanol–water partition coefficient (Wildman–Crippen LogP) is 5.83. The van der Waals surface area contributed by atoms with E-state index in [9.17, 15) is 0 Å². The average molecular weight is 459 g/mol. The van der Waals surface area contributed by atoms with E-state index in [1.54, 1.807) is 14.2 Å². The van der Waals surface area contributed by atoms with Crippen LogP contribution in [0, 0.1) is 0 Å². The highest BCUT2D eigenvalue weighted by molar-refractivity contribution is 9.10. The minimum Gasteiger partial charge on any atom is -0.497 e. The molecule has 5 nitrogen and oxygen atoms in total. The van der Waals surface area contributed by atoms with Crippen LogP contribution in [0.5, 0.6) is 11.5 Å². The summed E-state index contributed by atoms with van der Waals surface area (Å²) in [5.41, 5.74) is 3.70. The van der Waals surface area contributed by atoms with E-state index in [1.807, 2.05) is 30.3 Å². The minimum absolute atomic E-state index is 0.171. The fraction of sp³-hybridized carbons (Fsp3) is 0.286. The number of para-hydroxylation sites is 1. The van der Waals surface area contributed by atoms with Crippen molar-refractivity contribution in [3.63, 3.8) is 0 Å². The molecule has 2 aliphatic rings. The Hall–Kier alpha value is -2.12. The monoisotopic (exact) mass is 458 g/mol. The SMILES string of the molecule is COc1cc(Br)c2c(c1)-c1onc(NSc3ccccc3OC)c1CC21CC1. The number of methoxy groups -OCH3 is 2. The lowest BCUT2D eigenvalue weighted by Gasteiger charge is -2.26. The van der Waals surface area contributed by atoms with Gasteiger partial charge in [-0.05, 0) is 61.0 Å². The summed E-state index contributed by atoms with van der Waals surface area (Å²) in [4.78, 5) is 1.00. The van der Waals surface area contributed by atoms with Gasteiger partial charge >= 0.3 is 0 Å². The number of nitrogens with one attached hydrogen (secondary N) is 1. The molecule has 0 unspecified atom stereocenters. The van der Waals surface area contributed by atoms with Crippen LogP contribution in [0.15, 0.2) is 50.3 Å². The number of hydrogen-bond donors (Lipinski definition) is 1. The van der Waals surface area contributed by atoms with Crippen LogP contribution < -0.4 is 14.2 Å². The average Bonchev–Trinajstić information content (AvgIpc) is 3.36. The highest BCUT2D eigenvalue weighted by Gasteiger charge is 2.51. The Morgan fingerprint density at radius 1 is 1.18 bits per heavy atom. The summed E-state index contributed by atoms with van der Waals surface area (Å²) in [5, 5.41) is 4.34. The van der Waals surface area contributed by atoms with Crippen molar-refractivity contribution in [3.8, 4) is 22.8 Å². The molecule has 1 fully saturated rings. The Morgan fingerprint density at radius 3 is 2.75 bits per heavy atom. The Morgan fingerprint density at radius 2 is 2.00 bits per heavy atom. The second-order valence-corrected chi connectivity index (χ2v) is 8.89. The molecule has 1 heterocycles. The van der Waals surface area contributed by atoms with Gasteiger partial charge in [0.1, 0.15) is 11.5 Å². The van der Waals surface area contributed by atoms with E-state index in [0.29, 0.717) is 0 Å². The lowest BCUT2D eigenvalue weighted by atomic mass is 9.79. The molecule has 0 radical (unpaired) electrons. The van der Waals surface area contributed by atoms with Gasteiger partial charge in [0.25, 0.3) is 0 Å². The first kappa shape index (κ1) is 17.9. The fourth-order valence-corrected chi connectivity index (χ4v) is 5.62. The molecule has 7 heteroatoms. The van der Waals surface area contributed by atoms with Gasteiger partial charge in [0, 0.05) is 21.0 Å². The van der Waals surface area contributed by atoms with Gasteiger partial charge < -0.3 is 18.7 Å². The third-order valence-corrected chi connectivity index (χ3v) is 7.04. The topological polar surface area (TPSA) is 56.5 Å². The largest absolute Gasteiger partial charge is 0.497 e. The summed E-state index contributed by atoms with van der Waals surface area (Å²) < 4.78 is 21.2. The Balaban J connectivity index is 1.52. The van der Waals surface area contributed by atoms with E-state index in [-0.39, 0.29) is 5.41 Å². The molecular formula is C21H19BrN2O3S. The Kier molecular flexibility index (Phi) is 4.32. The first-order chi connectivity index (χ1) is 13.6. The van der Waals surface area contributed by atoms with Crippen molar-refractivity contribution in [3.05, 3.63) is 52.0 Å². The molecule has 0 saturated heterocycles. The summed E-state index contributed by atoms with van der Waals surface area (Å²) in [6.45, 7) is 0. The summed E-state index contributed by atoms with van der Waals surface area (Å²) in [6.07, 6.45) is 3.28. The van der Waals surface area contributed by atoms with Crippen molar-refractivity contribution >= 4 is 33.7 Å². The number of fused-ring (bicyclic) bond motifs is 4. The molecule has 0 atom stereocenters. The van der Waals surface area contributed by atoms with Crippen molar-refractivity contribution in [1.29, 1.82) is 0 Å². The first-order valence-electron chi connectivity index (χ1n) is 9.08. The van der Waals surface area contributed by atoms with Gasteiger partial charge in [0.2, 0.25) is 0 Å². The lowest BCUT2D eigenvalue weighted by Crippen LogP contribution is -2.18. The van der Waals surface area contributed by atoms with Gasteiger partial charge in [-0.1, -0.05) is 33.2 Å². The second-order valence-electron chi connectivity index (χ2n) is 7.18. The minimum atomic E-state index is 0.171. The fourth-order valence-electron chi connectivity index (χ4n) is 3.99. The van der Waals surface area contributed by atoms with Crippen LogP contribution in [-0.2, 0) is 11.8 Å². The van der Waals surface area contributed by atoms with Gasteiger partial charge in [-0.25, -0.2) is 0 Å². The summed E-state index contributed by atoms with van der Waals surface area (Å²) in [7, 11) is 3.36. The van der Waals surface area contributed by atoms with Gasteiger partial charge in [-0.2, -0.15) is 0 Å². The predicted molar refractivity (Wildman–Crippen MR) is 113 cm³/mol. The van der Waals surface area contributed by atoms with E-state index < -0.39 is 0 Å². The van der Waals surface area contributed by atoms with Crippen molar-refractivity contribution < 1.29 is 14.0 Å². The molecule has 2 aromatic carbocycles. The molecule has 5 rings (SSSR count). The van der Waals surface area contributed by atoms with Crippen molar-refractivity contribution in [2.24, 2.45) is 0 Å². The van der Waals surface area contributed by atoms with Gasteiger partial charge in [-0.3, -0.25) is 0 Å². The maximum atomic E-state index is 5.80. The molecular weight excluding hydrogens is 440 g/mol.